The molecule has 0 aromatic carbocycles. The largest absolute Gasteiger partial charge is 0.281 e. The van der Waals surface area contributed by atoms with Gasteiger partial charge in [-0.25, -0.2) is 8.42 Å². The first-order chi connectivity index (χ1) is 9.00. The standard InChI is InChI=1S/C11H15N5O2S/c1-8-11(9(2)14-13-8)19(17,18)15-6-10(7-15)16-5-3-4-12-16/h3-5,10H,6-7H2,1-2H3,(H,13,14). The van der Waals surface area contributed by atoms with E-state index in [9.17, 15) is 8.42 Å². The molecule has 1 fully saturated rings. The zero-order valence-corrected chi connectivity index (χ0v) is 11.6. The topological polar surface area (TPSA) is 83.9 Å². The van der Waals surface area contributed by atoms with E-state index in [2.05, 4.69) is 15.3 Å². The lowest BCUT2D eigenvalue weighted by Gasteiger charge is -2.37. The van der Waals surface area contributed by atoms with Crippen molar-refractivity contribution >= 4 is 10.0 Å². The number of sulfonamides is 1. The Morgan fingerprint density at radius 2 is 2.11 bits per heavy atom. The number of H-pyrrole nitrogens is 1. The van der Waals surface area contributed by atoms with Gasteiger partial charge in [0.25, 0.3) is 0 Å². The number of aromatic nitrogens is 4. The summed E-state index contributed by atoms with van der Waals surface area (Å²) in [6.45, 7) is 4.32. The molecule has 0 unspecified atom stereocenters. The predicted molar refractivity (Wildman–Crippen MR) is 68.1 cm³/mol. The second-order valence-electron chi connectivity index (χ2n) is 4.73. The molecule has 0 radical (unpaired) electrons. The second-order valence-corrected chi connectivity index (χ2v) is 6.60. The molecule has 0 bridgehead atoms. The van der Waals surface area contributed by atoms with Crippen LogP contribution in [0.2, 0.25) is 0 Å². The maximum absolute atomic E-state index is 12.5. The van der Waals surface area contributed by atoms with Crippen LogP contribution in [-0.4, -0.2) is 45.8 Å². The molecule has 0 saturated carbocycles. The van der Waals surface area contributed by atoms with Crippen LogP contribution >= 0.6 is 0 Å². The molecule has 2 aromatic rings. The van der Waals surface area contributed by atoms with Gasteiger partial charge in [-0.15, -0.1) is 0 Å². The molecule has 3 rings (SSSR count). The van der Waals surface area contributed by atoms with Crippen LogP contribution in [0.15, 0.2) is 23.4 Å². The Morgan fingerprint density at radius 3 is 2.63 bits per heavy atom. The molecule has 0 amide bonds. The summed E-state index contributed by atoms with van der Waals surface area (Å²) in [7, 11) is -3.45. The first-order valence-electron chi connectivity index (χ1n) is 6.01. The number of nitrogens with zero attached hydrogens (tertiary/aromatic N) is 4. The molecule has 8 heteroatoms. The van der Waals surface area contributed by atoms with Crippen LogP contribution in [-0.2, 0) is 10.0 Å². The van der Waals surface area contributed by atoms with E-state index >= 15 is 0 Å². The van der Waals surface area contributed by atoms with Gasteiger partial charge >= 0.3 is 0 Å². The summed E-state index contributed by atoms with van der Waals surface area (Å²) in [6, 6.07) is 1.96. The third-order valence-corrected chi connectivity index (χ3v) is 5.48. The molecule has 1 aliphatic heterocycles. The minimum Gasteiger partial charge on any atom is -0.281 e. The second kappa shape index (κ2) is 4.17. The van der Waals surface area contributed by atoms with Crippen LogP contribution in [0.1, 0.15) is 17.4 Å². The Kier molecular flexibility index (Phi) is 2.72. The van der Waals surface area contributed by atoms with Gasteiger partial charge in [-0.05, 0) is 19.9 Å². The van der Waals surface area contributed by atoms with Crippen molar-refractivity contribution in [1.29, 1.82) is 0 Å². The number of aryl methyl sites for hydroxylation is 2. The summed E-state index contributed by atoms with van der Waals surface area (Å²) in [5, 5.41) is 10.8. The van der Waals surface area contributed by atoms with Crippen LogP contribution in [0.25, 0.3) is 0 Å². The van der Waals surface area contributed by atoms with E-state index in [0.29, 0.717) is 29.4 Å². The molecule has 2 aromatic heterocycles. The predicted octanol–water partition coefficient (Wildman–Crippen LogP) is 0.469. The minimum atomic E-state index is -3.45. The van der Waals surface area contributed by atoms with Crippen LogP contribution in [0.5, 0.6) is 0 Å². The van der Waals surface area contributed by atoms with Crippen LogP contribution < -0.4 is 0 Å². The maximum Gasteiger partial charge on any atom is 0.246 e. The normalized spacial score (nSPS) is 17.6. The first-order valence-corrected chi connectivity index (χ1v) is 7.45. The fraction of sp³-hybridized carbons (Fsp3) is 0.455. The Hall–Kier alpha value is -1.67. The molecular weight excluding hydrogens is 266 g/mol. The number of hydrogen-bond acceptors (Lipinski definition) is 4. The lowest BCUT2D eigenvalue weighted by atomic mass is 10.2. The fourth-order valence-electron chi connectivity index (χ4n) is 2.33. The van der Waals surface area contributed by atoms with E-state index in [1.165, 1.54) is 4.31 Å². The third-order valence-electron chi connectivity index (χ3n) is 3.39. The molecule has 0 aliphatic carbocycles. The number of rotatable bonds is 3. The summed E-state index contributed by atoms with van der Waals surface area (Å²) in [6.07, 6.45) is 3.55. The monoisotopic (exact) mass is 281 g/mol. The lowest BCUT2D eigenvalue weighted by Crippen LogP contribution is -2.50. The highest BCUT2D eigenvalue weighted by Crippen LogP contribution is 2.29. The van der Waals surface area contributed by atoms with Gasteiger partial charge in [-0.1, -0.05) is 0 Å². The molecule has 1 N–H and O–H groups in total. The van der Waals surface area contributed by atoms with Gasteiger partial charge in [0, 0.05) is 25.5 Å². The Morgan fingerprint density at radius 1 is 1.37 bits per heavy atom. The van der Waals surface area contributed by atoms with Gasteiger partial charge in [-0.2, -0.15) is 14.5 Å². The molecule has 0 spiro atoms. The number of aromatic amines is 1. The van der Waals surface area contributed by atoms with Crippen molar-refractivity contribution in [3.05, 3.63) is 29.8 Å². The van der Waals surface area contributed by atoms with Crippen molar-refractivity contribution in [3.63, 3.8) is 0 Å². The highest BCUT2D eigenvalue weighted by molar-refractivity contribution is 7.89. The zero-order valence-electron chi connectivity index (χ0n) is 10.7. The van der Waals surface area contributed by atoms with Crippen molar-refractivity contribution in [2.75, 3.05) is 13.1 Å². The maximum atomic E-state index is 12.5. The van der Waals surface area contributed by atoms with E-state index in [-0.39, 0.29) is 6.04 Å². The average molecular weight is 281 g/mol. The van der Waals surface area contributed by atoms with Gasteiger partial charge in [0.1, 0.15) is 4.90 Å². The Labute approximate surface area is 111 Å². The van der Waals surface area contributed by atoms with Crippen LogP contribution in [0.4, 0.5) is 0 Å². The van der Waals surface area contributed by atoms with Gasteiger partial charge < -0.3 is 0 Å². The molecule has 3 heterocycles. The summed E-state index contributed by atoms with van der Waals surface area (Å²) in [4.78, 5) is 0.298. The quantitative estimate of drug-likeness (QED) is 0.886. The van der Waals surface area contributed by atoms with Gasteiger partial charge in [-0.3, -0.25) is 9.78 Å². The van der Waals surface area contributed by atoms with E-state index in [1.807, 2.05) is 12.3 Å². The molecule has 7 nitrogen and oxygen atoms in total. The van der Waals surface area contributed by atoms with Crippen molar-refractivity contribution in [2.45, 2.75) is 24.8 Å². The van der Waals surface area contributed by atoms with Gasteiger partial charge in [0.15, 0.2) is 0 Å². The highest BCUT2D eigenvalue weighted by atomic mass is 32.2. The summed E-state index contributed by atoms with van der Waals surface area (Å²) in [5.41, 5.74) is 1.10. The highest BCUT2D eigenvalue weighted by Gasteiger charge is 2.39. The summed E-state index contributed by atoms with van der Waals surface area (Å²) in [5.74, 6) is 0. The van der Waals surface area contributed by atoms with Gasteiger partial charge in [0.2, 0.25) is 10.0 Å². The zero-order chi connectivity index (χ0) is 13.6. The SMILES string of the molecule is Cc1n[nH]c(C)c1S(=O)(=O)N1CC(n2cccn2)C1. The Balaban J connectivity index is 1.81. The van der Waals surface area contributed by atoms with E-state index in [1.54, 1.807) is 24.7 Å². The third kappa shape index (κ3) is 1.87. The van der Waals surface area contributed by atoms with E-state index in [4.69, 9.17) is 0 Å². The molecule has 19 heavy (non-hydrogen) atoms. The average Bonchev–Trinajstić information content (AvgIpc) is 2.86. The first kappa shape index (κ1) is 12.4. The molecule has 102 valence electrons. The molecule has 0 atom stereocenters. The summed E-state index contributed by atoms with van der Waals surface area (Å²) >= 11 is 0. The van der Waals surface area contributed by atoms with Crippen molar-refractivity contribution in [2.24, 2.45) is 0 Å². The Bertz CT molecular complexity index is 663. The summed E-state index contributed by atoms with van der Waals surface area (Å²) < 4.78 is 28.2. The van der Waals surface area contributed by atoms with E-state index < -0.39 is 10.0 Å². The van der Waals surface area contributed by atoms with Crippen molar-refractivity contribution in [3.8, 4) is 0 Å². The van der Waals surface area contributed by atoms with E-state index in [0.717, 1.165) is 0 Å². The molecule has 1 aliphatic rings. The number of nitrogens with one attached hydrogen (secondary N) is 1. The van der Waals surface area contributed by atoms with Gasteiger partial charge in [0.05, 0.1) is 17.4 Å². The lowest BCUT2D eigenvalue weighted by molar-refractivity contribution is 0.191. The van der Waals surface area contributed by atoms with Crippen LogP contribution in [0, 0.1) is 13.8 Å². The number of hydrogen-bond donors (Lipinski definition) is 1. The molecular formula is C11H15N5O2S. The van der Waals surface area contributed by atoms with Crippen molar-refractivity contribution in [1.82, 2.24) is 24.3 Å². The smallest absolute Gasteiger partial charge is 0.246 e. The molecule has 1 saturated heterocycles. The van der Waals surface area contributed by atoms with Crippen molar-refractivity contribution < 1.29 is 8.42 Å². The fourth-order valence-corrected chi connectivity index (χ4v) is 4.17. The minimum absolute atomic E-state index is 0.122. The van der Waals surface area contributed by atoms with Crippen LogP contribution in [0.3, 0.4) is 0 Å².